The number of primary amides is 1. The van der Waals surface area contributed by atoms with Gasteiger partial charge >= 0.3 is 0 Å². The van der Waals surface area contributed by atoms with Crippen LogP contribution in [0.15, 0.2) is 12.2 Å². The van der Waals surface area contributed by atoms with Gasteiger partial charge in [-0.05, 0) is 57.8 Å². The maximum atomic E-state index is 12.5. The molecule has 0 aliphatic carbocycles. The standard InChI is InChI=1S/C28H55NO5/c1-4-7-8-9-10-11-12-13-14-15-16-17-18-19-22-28(27(29)32,33-25(5-2)20-23-30)34-26(6-3)21-24-31/h13-14,25-26,30-31H,4-12,15-24H2,1-3H3,(H2,29,32). The van der Waals surface area contributed by atoms with E-state index in [2.05, 4.69) is 19.1 Å². The van der Waals surface area contributed by atoms with E-state index in [0.29, 0.717) is 32.1 Å². The largest absolute Gasteiger partial charge is 0.396 e. The van der Waals surface area contributed by atoms with Crippen LogP contribution in [0.5, 0.6) is 0 Å². The van der Waals surface area contributed by atoms with E-state index in [1.165, 1.54) is 44.9 Å². The zero-order chi connectivity index (χ0) is 25.5. The van der Waals surface area contributed by atoms with E-state index in [0.717, 1.165) is 32.1 Å². The molecular formula is C28H55NO5. The van der Waals surface area contributed by atoms with Gasteiger partial charge in [-0.3, -0.25) is 4.79 Å². The smallest absolute Gasteiger partial charge is 0.277 e. The van der Waals surface area contributed by atoms with E-state index < -0.39 is 11.7 Å². The van der Waals surface area contributed by atoms with E-state index in [-0.39, 0.29) is 25.4 Å². The van der Waals surface area contributed by atoms with Crippen molar-refractivity contribution in [2.24, 2.45) is 5.73 Å². The summed E-state index contributed by atoms with van der Waals surface area (Å²) in [6.07, 6.45) is 20.8. The normalized spacial score (nSPS) is 15.4. The van der Waals surface area contributed by atoms with Gasteiger partial charge in [-0.1, -0.05) is 77.9 Å². The Labute approximate surface area is 209 Å². The first-order valence-electron chi connectivity index (χ1n) is 14.0. The number of rotatable bonds is 25. The zero-order valence-corrected chi connectivity index (χ0v) is 22.4. The van der Waals surface area contributed by atoms with Crippen LogP contribution in [-0.4, -0.2) is 47.3 Å². The summed E-state index contributed by atoms with van der Waals surface area (Å²) < 4.78 is 12.3. The minimum atomic E-state index is -1.51. The van der Waals surface area contributed by atoms with Crippen molar-refractivity contribution in [2.45, 2.75) is 148 Å². The summed E-state index contributed by atoms with van der Waals surface area (Å²) in [6, 6.07) is 0. The third-order valence-electron chi connectivity index (χ3n) is 6.42. The molecule has 2 unspecified atom stereocenters. The van der Waals surface area contributed by atoms with Crippen LogP contribution in [0.4, 0.5) is 0 Å². The van der Waals surface area contributed by atoms with Gasteiger partial charge in [0.2, 0.25) is 5.79 Å². The van der Waals surface area contributed by atoms with Crippen LogP contribution in [0.2, 0.25) is 0 Å². The van der Waals surface area contributed by atoms with Gasteiger partial charge in [-0.25, -0.2) is 0 Å². The Morgan fingerprint density at radius 3 is 1.62 bits per heavy atom. The lowest BCUT2D eigenvalue weighted by molar-refractivity contribution is -0.269. The molecule has 0 aromatic carbocycles. The number of amides is 1. The molecule has 0 saturated heterocycles. The predicted molar refractivity (Wildman–Crippen MR) is 140 cm³/mol. The first-order valence-corrected chi connectivity index (χ1v) is 14.0. The topological polar surface area (TPSA) is 102 Å². The maximum Gasteiger partial charge on any atom is 0.277 e. The van der Waals surface area contributed by atoms with Gasteiger partial charge in [-0.15, -0.1) is 0 Å². The van der Waals surface area contributed by atoms with Crippen molar-refractivity contribution < 1.29 is 24.5 Å². The first kappa shape index (κ1) is 33.0. The first-order chi connectivity index (χ1) is 16.5. The van der Waals surface area contributed by atoms with E-state index in [9.17, 15) is 15.0 Å². The highest BCUT2D eigenvalue weighted by molar-refractivity contribution is 5.81. The molecule has 0 aliphatic heterocycles. The van der Waals surface area contributed by atoms with Crippen LogP contribution >= 0.6 is 0 Å². The second-order valence-corrected chi connectivity index (χ2v) is 9.42. The average Bonchev–Trinajstić information content (AvgIpc) is 2.83. The molecule has 0 heterocycles. The molecule has 6 heteroatoms. The average molecular weight is 486 g/mol. The summed E-state index contributed by atoms with van der Waals surface area (Å²) >= 11 is 0. The Kier molecular flexibility index (Phi) is 21.9. The molecule has 0 radical (unpaired) electrons. The SMILES string of the molecule is CCCCCCCCC=CCCCCCCC(OC(CC)CCO)(OC(CC)CCO)C(N)=O. The van der Waals surface area contributed by atoms with E-state index >= 15 is 0 Å². The molecule has 0 aliphatic rings. The fourth-order valence-corrected chi connectivity index (χ4v) is 4.16. The van der Waals surface area contributed by atoms with Crippen molar-refractivity contribution in [3.63, 3.8) is 0 Å². The number of unbranched alkanes of at least 4 members (excludes halogenated alkanes) is 10. The molecule has 202 valence electrons. The second-order valence-electron chi connectivity index (χ2n) is 9.42. The molecule has 0 aromatic rings. The lowest BCUT2D eigenvalue weighted by atomic mass is 10.0. The van der Waals surface area contributed by atoms with Crippen molar-refractivity contribution >= 4 is 5.91 Å². The van der Waals surface area contributed by atoms with Crippen molar-refractivity contribution in [3.05, 3.63) is 12.2 Å². The highest BCUT2D eigenvalue weighted by atomic mass is 16.7. The van der Waals surface area contributed by atoms with Crippen molar-refractivity contribution in [3.8, 4) is 0 Å². The molecule has 2 atom stereocenters. The van der Waals surface area contributed by atoms with Crippen LogP contribution in [0.1, 0.15) is 130 Å². The lowest BCUT2D eigenvalue weighted by Crippen LogP contribution is -2.52. The summed E-state index contributed by atoms with van der Waals surface area (Å²) in [5.74, 6) is -2.14. The number of aliphatic hydroxyl groups is 2. The Morgan fingerprint density at radius 2 is 1.21 bits per heavy atom. The Hall–Kier alpha value is -0.950. The van der Waals surface area contributed by atoms with Crippen molar-refractivity contribution in [1.82, 2.24) is 0 Å². The number of aliphatic hydroxyl groups excluding tert-OH is 2. The van der Waals surface area contributed by atoms with Gasteiger partial charge in [0.25, 0.3) is 5.91 Å². The van der Waals surface area contributed by atoms with Gasteiger partial charge in [0, 0.05) is 19.6 Å². The molecule has 0 bridgehead atoms. The second kappa shape index (κ2) is 22.5. The summed E-state index contributed by atoms with van der Waals surface area (Å²) in [7, 11) is 0. The Morgan fingerprint density at radius 1 is 0.765 bits per heavy atom. The number of ether oxygens (including phenoxy) is 2. The van der Waals surface area contributed by atoms with Crippen LogP contribution in [0.25, 0.3) is 0 Å². The zero-order valence-electron chi connectivity index (χ0n) is 22.4. The van der Waals surface area contributed by atoms with Gasteiger partial charge in [0.1, 0.15) is 0 Å². The Balaban J connectivity index is 4.53. The summed E-state index contributed by atoms with van der Waals surface area (Å²) in [6.45, 7) is 6.12. The summed E-state index contributed by atoms with van der Waals surface area (Å²) in [4.78, 5) is 12.5. The third-order valence-corrected chi connectivity index (χ3v) is 6.42. The fourth-order valence-electron chi connectivity index (χ4n) is 4.16. The quantitative estimate of drug-likeness (QED) is 0.0815. The monoisotopic (exact) mass is 485 g/mol. The van der Waals surface area contributed by atoms with Crippen LogP contribution in [0, 0.1) is 0 Å². The molecule has 34 heavy (non-hydrogen) atoms. The summed E-state index contributed by atoms with van der Waals surface area (Å²) in [5.41, 5.74) is 5.80. The molecule has 6 nitrogen and oxygen atoms in total. The van der Waals surface area contributed by atoms with Gasteiger partial charge in [0.15, 0.2) is 0 Å². The molecule has 0 rings (SSSR count). The van der Waals surface area contributed by atoms with E-state index in [4.69, 9.17) is 15.2 Å². The number of nitrogens with two attached hydrogens (primary N) is 1. The van der Waals surface area contributed by atoms with E-state index in [1.807, 2.05) is 13.8 Å². The van der Waals surface area contributed by atoms with Crippen LogP contribution in [0.3, 0.4) is 0 Å². The third kappa shape index (κ3) is 15.9. The fraction of sp³-hybridized carbons (Fsp3) is 0.893. The number of carbonyl (C=O) groups is 1. The van der Waals surface area contributed by atoms with Gasteiger partial charge in [-0.2, -0.15) is 0 Å². The van der Waals surface area contributed by atoms with Crippen LogP contribution < -0.4 is 5.73 Å². The number of carbonyl (C=O) groups excluding carboxylic acids is 1. The molecule has 0 fully saturated rings. The minimum Gasteiger partial charge on any atom is -0.396 e. The highest BCUT2D eigenvalue weighted by Gasteiger charge is 2.42. The van der Waals surface area contributed by atoms with Crippen molar-refractivity contribution in [1.29, 1.82) is 0 Å². The number of allylic oxidation sites excluding steroid dienone is 2. The lowest BCUT2D eigenvalue weighted by Gasteiger charge is -2.37. The maximum absolute atomic E-state index is 12.5. The molecule has 1 amide bonds. The minimum absolute atomic E-state index is 0.0203. The molecule has 0 saturated carbocycles. The van der Waals surface area contributed by atoms with Gasteiger partial charge < -0.3 is 25.4 Å². The predicted octanol–water partition coefficient (Wildman–Crippen LogP) is 6.17. The van der Waals surface area contributed by atoms with Crippen molar-refractivity contribution in [2.75, 3.05) is 13.2 Å². The highest BCUT2D eigenvalue weighted by Crippen LogP contribution is 2.29. The molecular weight excluding hydrogens is 430 g/mol. The Bertz CT molecular complexity index is 481. The number of hydrogen-bond acceptors (Lipinski definition) is 5. The molecule has 0 aromatic heterocycles. The summed E-state index contributed by atoms with van der Waals surface area (Å²) in [5, 5.41) is 18.7. The number of hydrogen-bond donors (Lipinski definition) is 3. The van der Waals surface area contributed by atoms with Gasteiger partial charge in [0.05, 0.1) is 12.2 Å². The van der Waals surface area contributed by atoms with E-state index in [1.54, 1.807) is 0 Å². The molecule has 0 spiro atoms. The van der Waals surface area contributed by atoms with Crippen LogP contribution in [-0.2, 0) is 14.3 Å². The molecule has 4 N–H and O–H groups in total.